The van der Waals surface area contributed by atoms with Gasteiger partial charge in [-0.3, -0.25) is 0 Å². The van der Waals surface area contributed by atoms with Gasteiger partial charge in [-0.05, 0) is 94.0 Å². The van der Waals surface area contributed by atoms with Crippen LogP contribution in [0.1, 0.15) is 78.1 Å². The van der Waals surface area contributed by atoms with Crippen LogP contribution < -0.4 is 0 Å². The standard InChI is InChI=1S/C27H37F3O3/c1-24-10-3-5-19(7-6-18-15-20(31)17-21(32)16-18)22(24)8-9-23(24)26(13-14-26)12-4-11-25(2,33)27(28,29)30/h4,6-7,9,11,20-22,31-33H,3,5,8,10,12-17H2,1-2H3/b11-4-,18-6-,19-7+/t20?,21-,22?,24+,25?/m1/s1. The number of allylic oxidation sites excluding steroid dienone is 6. The molecule has 3 unspecified atom stereocenters. The lowest BCUT2D eigenvalue weighted by Crippen LogP contribution is -2.40. The Kier molecular flexibility index (Phi) is 6.52. The van der Waals surface area contributed by atoms with E-state index in [-0.39, 0.29) is 10.8 Å². The fraction of sp³-hybridized carbons (Fsp3) is 0.704. The van der Waals surface area contributed by atoms with E-state index >= 15 is 0 Å². The predicted molar refractivity (Wildman–Crippen MR) is 122 cm³/mol. The first-order valence-corrected chi connectivity index (χ1v) is 12.3. The minimum Gasteiger partial charge on any atom is -0.393 e. The second-order valence-corrected chi connectivity index (χ2v) is 11.2. The molecule has 4 rings (SSSR count). The van der Waals surface area contributed by atoms with Gasteiger partial charge in [0.05, 0.1) is 12.2 Å². The van der Waals surface area contributed by atoms with Crippen LogP contribution in [0, 0.1) is 16.7 Å². The van der Waals surface area contributed by atoms with Crippen LogP contribution >= 0.6 is 0 Å². The topological polar surface area (TPSA) is 60.7 Å². The van der Waals surface area contributed by atoms with E-state index in [0.717, 1.165) is 57.1 Å². The Bertz CT molecular complexity index is 864. The second-order valence-electron chi connectivity index (χ2n) is 11.2. The molecule has 184 valence electrons. The van der Waals surface area contributed by atoms with E-state index in [2.05, 4.69) is 25.2 Å². The van der Waals surface area contributed by atoms with Crippen molar-refractivity contribution in [3.8, 4) is 0 Å². The van der Waals surface area contributed by atoms with Gasteiger partial charge in [-0.15, -0.1) is 0 Å². The molecule has 0 aromatic carbocycles. The third kappa shape index (κ3) is 4.89. The summed E-state index contributed by atoms with van der Waals surface area (Å²) in [5.41, 5.74) is 1.05. The van der Waals surface area contributed by atoms with Crippen LogP contribution in [-0.2, 0) is 0 Å². The summed E-state index contributed by atoms with van der Waals surface area (Å²) in [7, 11) is 0. The van der Waals surface area contributed by atoms with Crippen molar-refractivity contribution in [1.29, 1.82) is 0 Å². The first-order valence-electron chi connectivity index (χ1n) is 12.3. The van der Waals surface area contributed by atoms with E-state index < -0.39 is 24.0 Å². The first-order chi connectivity index (χ1) is 15.4. The van der Waals surface area contributed by atoms with Crippen molar-refractivity contribution in [2.45, 2.75) is 102 Å². The van der Waals surface area contributed by atoms with Gasteiger partial charge in [0, 0.05) is 0 Å². The fourth-order valence-corrected chi connectivity index (χ4v) is 6.51. The molecule has 3 N–H and O–H groups in total. The number of hydrogen-bond acceptors (Lipinski definition) is 3. The predicted octanol–water partition coefficient (Wildman–Crippen LogP) is 5.92. The zero-order chi connectivity index (χ0) is 24.1. The molecular formula is C27H37F3O3. The molecule has 0 amide bonds. The third-order valence-electron chi connectivity index (χ3n) is 8.57. The minimum atomic E-state index is -4.67. The van der Waals surface area contributed by atoms with Crippen LogP contribution in [0.25, 0.3) is 0 Å². The van der Waals surface area contributed by atoms with E-state index in [9.17, 15) is 28.5 Å². The molecule has 4 aliphatic rings. The van der Waals surface area contributed by atoms with E-state index in [0.29, 0.717) is 31.6 Å². The Labute approximate surface area is 194 Å². The van der Waals surface area contributed by atoms with Crippen molar-refractivity contribution in [3.63, 3.8) is 0 Å². The Balaban J connectivity index is 1.49. The number of aliphatic hydroxyl groups excluding tert-OH is 2. The van der Waals surface area contributed by atoms with Crippen LogP contribution in [0.15, 0.2) is 47.1 Å². The summed E-state index contributed by atoms with van der Waals surface area (Å²) in [6.45, 7) is 3.12. The summed E-state index contributed by atoms with van der Waals surface area (Å²) in [5.74, 6) is 0.399. The molecule has 3 nitrogen and oxygen atoms in total. The Morgan fingerprint density at radius 1 is 1.09 bits per heavy atom. The molecule has 0 saturated heterocycles. The van der Waals surface area contributed by atoms with E-state index in [4.69, 9.17) is 0 Å². The summed E-state index contributed by atoms with van der Waals surface area (Å²) < 4.78 is 39.0. The molecule has 0 aromatic heterocycles. The van der Waals surface area contributed by atoms with Crippen LogP contribution in [0.3, 0.4) is 0 Å². The van der Waals surface area contributed by atoms with Crippen molar-refractivity contribution in [2.24, 2.45) is 16.7 Å². The lowest BCUT2D eigenvalue weighted by molar-refractivity contribution is -0.232. The molecule has 0 heterocycles. The molecular weight excluding hydrogens is 429 g/mol. The normalized spacial score (nSPS) is 38.4. The minimum absolute atomic E-state index is 0.0189. The van der Waals surface area contributed by atoms with E-state index in [1.807, 2.05) is 0 Å². The Morgan fingerprint density at radius 3 is 2.36 bits per heavy atom. The van der Waals surface area contributed by atoms with Gasteiger partial charge in [-0.25, -0.2) is 0 Å². The third-order valence-corrected chi connectivity index (χ3v) is 8.57. The number of alkyl halides is 3. The van der Waals surface area contributed by atoms with Crippen LogP contribution in [0.4, 0.5) is 13.2 Å². The smallest absolute Gasteiger partial charge is 0.393 e. The van der Waals surface area contributed by atoms with Gasteiger partial charge >= 0.3 is 6.18 Å². The van der Waals surface area contributed by atoms with Crippen molar-refractivity contribution in [1.82, 2.24) is 0 Å². The highest BCUT2D eigenvalue weighted by atomic mass is 19.4. The zero-order valence-electron chi connectivity index (χ0n) is 19.7. The zero-order valence-corrected chi connectivity index (χ0v) is 19.7. The van der Waals surface area contributed by atoms with Gasteiger partial charge in [0.2, 0.25) is 0 Å². The monoisotopic (exact) mass is 466 g/mol. The van der Waals surface area contributed by atoms with Gasteiger partial charge in [-0.1, -0.05) is 47.9 Å². The fourth-order valence-electron chi connectivity index (χ4n) is 6.51. The molecule has 0 aromatic rings. The first kappa shape index (κ1) is 24.7. The highest BCUT2D eigenvalue weighted by molar-refractivity contribution is 5.40. The quantitative estimate of drug-likeness (QED) is 0.441. The van der Waals surface area contributed by atoms with Crippen LogP contribution in [-0.4, -0.2) is 39.3 Å². The maximum absolute atomic E-state index is 13.0. The maximum Gasteiger partial charge on any atom is 0.420 e. The highest BCUT2D eigenvalue weighted by Crippen LogP contribution is 2.67. The van der Waals surface area contributed by atoms with Gasteiger partial charge in [0.1, 0.15) is 0 Å². The summed E-state index contributed by atoms with van der Waals surface area (Å²) in [4.78, 5) is 0. The molecule has 5 atom stereocenters. The van der Waals surface area contributed by atoms with Crippen molar-refractivity contribution in [2.75, 3.05) is 0 Å². The van der Waals surface area contributed by atoms with E-state index in [1.165, 1.54) is 17.2 Å². The Hall–Kier alpha value is -1.37. The molecule has 0 spiro atoms. The van der Waals surface area contributed by atoms with Crippen LogP contribution in [0.2, 0.25) is 0 Å². The molecule has 6 heteroatoms. The van der Waals surface area contributed by atoms with Gasteiger partial charge in [0.15, 0.2) is 5.60 Å². The van der Waals surface area contributed by atoms with Gasteiger partial charge in [-0.2, -0.15) is 13.2 Å². The summed E-state index contributed by atoms with van der Waals surface area (Å²) in [5, 5.41) is 29.7. The van der Waals surface area contributed by atoms with E-state index in [1.54, 1.807) is 0 Å². The summed E-state index contributed by atoms with van der Waals surface area (Å²) in [6.07, 6.45) is 11.8. The summed E-state index contributed by atoms with van der Waals surface area (Å²) in [6, 6.07) is 0. The van der Waals surface area contributed by atoms with Gasteiger partial charge in [0.25, 0.3) is 0 Å². The lowest BCUT2D eigenvalue weighted by Gasteiger charge is -2.43. The molecule has 4 aliphatic carbocycles. The number of fused-ring (bicyclic) bond motifs is 1. The highest BCUT2D eigenvalue weighted by Gasteiger charge is 2.56. The largest absolute Gasteiger partial charge is 0.420 e. The SMILES string of the molecule is CC(O)(/C=C\CC1(C2=CCC3/C(=C/C=C4/CC(O)C[C@H](O)C4)CCC[C@]23C)CC1)C(F)(F)F. The number of hydrogen-bond donors (Lipinski definition) is 3. The molecule has 0 aliphatic heterocycles. The molecule has 0 radical (unpaired) electrons. The van der Waals surface area contributed by atoms with Crippen molar-refractivity contribution < 1.29 is 28.5 Å². The molecule has 33 heavy (non-hydrogen) atoms. The van der Waals surface area contributed by atoms with Crippen molar-refractivity contribution >= 4 is 0 Å². The maximum atomic E-state index is 13.0. The number of halogens is 3. The van der Waals surface area contributed by atoms with Crippen molar-refractivity contribution in [3.05, 3.63) is 47.1 Å². The molecule has 3 saturated carbocycles. The molecule has 0 bridgehead atoms. The molecule has 3 fully saturated rings. The average Bonchev–Trinajstić information content (AvgIpc) is 3.37. The lowest BCUT2D eigenvalue weighted by atomic mass is 9.61. The number of aliphatic hydroxyl groups is 3. The Morgan fingerprint density at radius 2 is 1.76 bits per heavy atom. The summed E-state index contributed by atoms with van der Waals surface area (Å²) >= 11 is 0. The number of rotatable bonds is 5. The van der Waals surface area contributed by atoms with Gasteiger partial charge < -0.3 is 15.3 Å². The average molecular weight is 467 g/mol. The van der Waals surface area contributed by atoms with Crippen LogP contribution in [0.5, 0.6) is 0 Å². The second kappa shape index (κ2) is 8.69.